The van der Waals surface area contributed by atoms with Gasteiger partial charge >= 0.3 is 0 Å². The Labute approximate surface area is 118 Å². The van der Waals surface area contributed by atoms with Crippen LogP contribution in [0.2, 0.25) is 0 Å². The molecular weight excluding hydrogens is 260 g/mol. The number of nitrogens with zero attached hydrogens (tertiary/aromatic N) is 1. The fraction of sp³-hybridized carbons (Fsp3) is 1.00. The van der Waals surface area contributed by atoms with Gasteiger partial charge in [-0.3, -0.25) is 0 Å². The molecule has 0 spiro atoms. The van der Waals surface area contributed by atoms with Gasteiger partial charge < -0.3 is 5.32 Å². The molecule has 112 valence electrons. The van der Waals surface area contributed by atoms with Crippen LogP contribution in [0, 0.1) is 5.92 Å². The van der Waals surface area contributed by atoms with Crippen molar-refractivity contribution in [3.63, 3.8) is 0 Å². The molecule has 1 heterocycles. The van der Waals surface area contributed by atoms with Crippen molar-refractivity contribution in [2.75, 3.05) is 25.9 Å². The lowest BCUT2D eigenvalue weighted by Gasteiger charge is -2.43. The van der Waals surface area contributed by atoms with Crippen LogP contribution in [0.5, 0.6) is 0 Å². The number of unbranched alkanes of at least 4 members (excludes halogenated alkanes) is 1. The lowest BCUT2D eigenvalue weighted by atomic mass is 9.79. The van der Waals surface area contributed by atoms with E-state index in [1.54, 1.807) is 0 Å². The van der Waals surface area contributed by atoms with Crippen molar-refractivity contribution in [2.24, 2.45) is 5.92 Å². The number of piperidine rings is 1. The quantitative estimate of drug-likeness (QED) is 0.760. The van der Waals surface area contributed by atoms with Gasteiger partial charge in [0, 0.05) is 12.6 Å². The number of hydrogen-bond acceptors (Lipinski definition) is 3. The minimum Gasteiger partial charge on any atom is -0.320 e. The summed E-state index contributed by atoms with van der Waals surface area (Å²) in [5, 5.41) is 3.07. The first-order valence-electron chi connectivity index (χ1n) is 7.79. The predicted molar refractivity (Wildman–Crippen MR) is 78.6 cm³/mol. The maximum atomic E-state index is 12.5. The summed E-state index contributed by atoms with van der Waals surface area (Å²) in [5.41, 5.74) is 0. The molecule has 5 heteroatoms. The Kier molecular flexibility index (Phi) is 5.66. The van der Waals surface area contributed by atoms with Gasteiger partial charge in [0.25, 0.3) is 0 Å². The van der Waals surface area contributed by atoms with Gasteiger partial charge in [-0.05, 0) is 58.0 Å². The Balaban J connectivity index is 1.93. The molecule has 19 heavy (non-hydrogen) atoms. The molecule has 1 saturated heterocycles. The summed E-state index contributed by atoms with van der Waals surface area (Å²) in [6.45, 7) is 1.66. The number of fused-ring (bicyclic) bond motifs is 1. The zero-order chi connectivity index (χ0) is 13.7. The lowest BCUT2D eigenvalue weighted by Crippen LogP contribution is -2.50. The molecule has 0 aromatic carbocycles. The maximum Gasteiger partial charge on any atom is 0.214 e. The van der Waals surface area contributed by atoms with Crippen LogP contribution in [0.25, 0.3) is 0 Å². The van der Waals surface area contributed by atoms with E-state index >= 15 is 0 Å². The topological polar surface area (TPSA) is 49.4 Å². The van der Waals surface area contributed by atoms with Gasteiger partial charge in [0.15, 0.2) is 0 Å². The van der Waals surface area contributed by atoms with Gasteiger partial charge in [-0.15, -0.1) is 0 Å². The number of rotatable bonds is 6. The van der Waals surface area contributed by atoms with Crippen LogP contribution in [0.15, 0.2) is 0 Å². The van der Waals surface area contributed by atoms with E-state index < -0.39 is 10.0 Å². The summed E-state index contributed by atoms with van der Waals surface area (Å²) in [4.78, 5) is 0. The van der Waals surface area contributed by atoms with Crippen molar-refractivity contribution >= 4 is 10.0 Å². The zero-order valence-corrected chi connectivity index (χ0v) is 12.9. The first-order chi connectivity index (χ1) is 9.15. The third-order valence-corrected chi connectivity index (χ3v) is 6.60. The lowest BCUT2D eigenvalue weighted by molar-refractivity contribution is 0.129. The van der Waals surface area contributed by atoms with E-state index in [4.69, 9.17) is 0 Å². The monoisotopic (exact) mass is 288 g/mol. The summed E-state index contributed by atoms with van der Waals surface area (Å²) in [6.07, 6.45) is 8.81. The molecule has 0 bridgehead atoms. The first-order valence-corrected chi connectivity index (χ1v) is 9.40. The van der Waals surface area contributed by atoms with Crippen molar-refractivity contribution in [2.45, 2.75) is 57.4 Å². The predicted octanol–water partition coefficient (Wildman–Crippen LogP) is 1.97. The molecular formula is C14H28N2O2S. The fourth-order valence-corrected chi connectivity index (χ4v) is 5.53. The molecule has 1 aliphatic carbocycles. The summed E-state index contributed by atoms with van der Waals surface area (Å²) >= 11 is 0. The van der Waals surface area contributed by atoms with E-state index in [0.29, 0.717) is 17.7 Å². The molecule has 1 saturated carbocycles. The van der Waals surface area contributed by atoms with E-state index in [1.165, 1.54) is 25.7 Å². The zero-order valence-electron chi connectivity index (χ0n) is 12.1. The van der Waals surface area contributed by atoms with Crippen molar-refractivity contribution in [3.8, 4) is 0 Å². The average molecular weight is 288 g/mol. The second-order valence-electron chi connectivity index (χ2n) is 5.99. The van der Waals surface area contributed by atoms with Gasteiger partial charge in [-0.2, -0.15) is 4.31 Å². The highest BCUT2D eigenvalue weighted by Gasteiger charge is 2.38. The third-order valence-electron chi connectivity index (χ3n) is 4.63. The van der Waals surface area contributed by atoms with Crippen LogP contribution < -0.4 is 5.32 Å². The Morgan fingerprint density at radius 3 is 2.63 bits per heavy atom. The SMILES string of the molecule is CNCCCCS(=O)(=O)N1CCCC2CCCCC21. The minimum absolute atomic E-state index is 0.316. The fourth-order valence-electron chi connectivity index (χ4n) is 3.63. The van der Waals surface area contributed by atoms with E-state index in [0.717, 1.165) is 38.8 Å². The molecule has 0 aromatic rings. The minimum atomic E-state index is -3.03. The highest BCUT2D eigenvalue weighted by molar-refractivity contribution is 7.89. The van der Waals surface area contributed by atoms with Crippen LogP contribution in [0.1, 0.15) is 51.4 Å². The van der Waals surface area contributed by atoms with E-state index in [1.807, 2.05) is 11.4 Å². The first kappa shape index (κ1) is 15.3. The molecule has 0 amide bonds. The van der Waals surface area contributed by atoms with Crippen LogP contribution in [-0.2, 0) is 10.0 Å². The van der Waals surface area contributed by atoms with Gasteiger partial charge in [0.05, 0.1) is 5.75 Å². The molecule has 1 aliphatic heterocycles. The van der Waals surface area contributed by atoms with Crippen LogP contribution in [0.3, 0.4) is 0 Å². The molecule has 0 radical (unpaired) electrons. The van der Waals surface area contributed by atoms with E-state index in [-0.39, 0.29) is 0 Å². The summed E-state index contributed by atoms with van der Waals surface area (Å²) in [7, 11) is -1.12. The van der Waals surface area contributed by atoms with Crippen molar-refractivity contribution < 1.29 is 8.42 Å². The van der Waals surface area contributed by atoms with Gasteiger partial charge in [0.1, 0.15) is 0 Å². The smallest absolute Gasteiger partial charge is 0.214 e. The van der Waals surface area contributed by atoms with Crippen molar-refractivity contribution in [1.29, 1.82) is 0 Å². The largest absolute Gasteiger partial charge is 0.320 e. The molecule has 2 fully saturated rings. The Bertz CT molecular complexity index is 368. The van der Waals surface area contributed by atoms with Gasteiger partial charge in [-0.25, -0.2) is 8.42 Å². The highest BCUT2D eigenvalue weighted by Crippen LogP contribution is 2.36. The summed E-state index contributed by atoms with van der Waals surface area (Å²) in [5.74, 6) is 0.965. The summed E-state index contributed by atoms with van der Waals surface area (Å²) < 4.78 is 26.9. The molecule has 2 unspecified atom stereocenters. The van der Waals surface area contributed by atoms with Crippen molar-refractivity contribution in [3.05, 3.63) is 0 Å². The Morgan fingerprint density at radius 2 is 1.84 bits per heavy atom. The number of nitrogens with one attached hydrogen (secondary N) is 1. The van der Waals surface area contributed by atoms with E-state index in [9.17, 15) is 8.42 Å². The molecule has 4 nitrogen and oxygen atoms in total. The Morgan fingerprint density at radius 1 is 1.11 bits per heavy atom. The van der Waals surface area contributed by atoms with E-state index in [2.05, 4.69) is 5.32 Å². The van der Waals surface area contributed by atoms with Crippen LogP contribution in [-0.4, -0.2) is 44.7 Å². The molecule has 2 rings (SSSR count). The van der Waals surface area contributed by atoms with Crippen LogP contribution in [0.4, 0.5) is 0 Å². The summed E-state index contributed by atoms with van der Waals surface area (Å²) in [6, 6.07) is 0.316. The second-order valence-corrected chi connectivity index (χ2v) is 8.03. The number of sulfonamides is 1. The van der Waals surface area contributed by atoms with Crippen LogP contribution >= 0.6 is 0 Å². The van der Waals surface area contributed by atoms with Gasteiger partial charge in [-0.1, -0.05) is 12.8 Å². The molecule has 2 atom stereocenters. The third kappa shape index (κ3) is 3.92. The standard InChI is InChI=1S/C14H28N2O2S/c1-15-10-4-5-12-19(17,18)16-11-6-8-13-7-2-3-9-14(13)16/h13-15H,2-12H2,1H3. The number of hydrogen-bond donors (Lipinski definition) is 1. The van der Waals surface area contributed by atoms with Gasteiger partial charge in [0.2, 0.25) is 10.0 Å². The molecule has 1 N–H and O–H groups in total. The highest BCUT2D eigenvalue weighted by atomic mass is 32.2. The molecule has 2 aliphatic rings. The molecule has 0 aromatic heterocycles. The maximum absolute atomic E-state index is 12.5. The average Bonchev–Trinajstić information content (AvgIpc) is 2.43. The normalized spacial score (nSPS) is 29.1. The van der Waals surface area contributed by atoms with Crippen molar-refractivity contribution in [1.82, 2.24) is 9.62 Å². The second kappa shape index (κ2) is 7.04. The Hall–Kier alpha value is -0.130.